The van der Waals surface area contributed by atoms with E-state index in [0.29, 0.717) is 6.42 Å². The Labute approximate surface area is 150 Å². The zero-order valence-corrected chi connectivity index (χ0v) is 14.5. The van der Waals surface area contributed by atoms with Gasteiger partial charge in [0.1, 0.15) is 0 Å². The quantitative estimate of drug-likeness (QED) is 0.887. The fourth-order valence-electron chi connectivity index (χ4n) is 3.74. The van der Waals surface area contributed by atoms with Crippen LogP contribution in [0.5, 0.6) is 0 Å². The lowest BCUT2D eigenvalue weighted by Gasteiger charge is -2.15. The monoisotopic (exact) mass is 353 g/mol. The number of thioether (sulfide) groups is 1. The molecule has 4 rings (SSSR count). The minimum atomic E-state index is -0.449. The highest BCUT2D eigenvalue weighted by molar-refractivity contribution is 8.15. The van der Waals surface area contributed by atoms with E-state index in [1.165, 1.54) is 5.56 Å². The van der Waals surface area contributed by atoms with Gasteiger partial charge in [-0.3, -0.25) is 14.9 Å². The number of imide groups is 1. The molecule has 2 amide bonds. The van der Waals surface area contributed by atoms with Crippen LogP contribution in [0.25, 0.3) is 0 Å². The van der Waals surface area contributed by atoms with Gasteiger partial charge < -0.3 is 5.11 Å². The SMILES string of the molecule is O=C1NC(=O)C(Cc2ccc3c(c2)CC(Cc2ccccc2)C3O)S1. The van der Waals surface area contributed by atoms with Gasteiger partial charge >= 0.3 is 0 Å². The van der Waals surface area contributed by atoms with Crippen LogP contribution in [0.3, 0.4) is 0 Å². The second-order valence-electron chi connectivity index (χ2n) is 6.72. The van der Waals surface area contributed by atoms with Gasteiger partial charge in [0, 0.05) is 0 Å². The van der Waals surface area contributed by atoms with Gasteiger partial charge in [-0.15, -0.1) is 0 Å². The molecule has 2 aromatic rings. The number of nitrogens with one attached hydrogen (secondary N) is 1. The van der Waals surface area contributed by atoms with Gasteiger partial charge in [0.15, 0.2) is 0 Å². The lowest BCUT2D eigenvalue weighted by atomic mass is 9.95. The average molecular weight is 353 g/mol. The molecule has 3 atom stereocenters. The summed E-state index contributed by atoms with van der Waals surface area (Å²) in [6.07, 6.45) is 1.77. The molecule has 1 aliphatic carbocycles. The summed E-state index contributed by atoms with van der Waals surface area (Å²) < 4.78 is 0. The maximum atomic E-state index is 11.7. The summed E-state index contributed by atoms with van der Waals surface area (Å²) in [5, 5.41) is 12.3. The van der Waals surface area contributed by atoms with E-state index in [-0.39, 0.29) is 22.3 Å². The van der Waals surface area contributed by atoms with Crippen molar-refractivity contribution in [3.05, 3.63) is 70.8 Å². The minimum Gasteiger partial charge on any atom is -0.388 e. The molecule has 2 N–H and O–H groups in total. The van der Waals surface area contributed by atoms with E-state index in [4.69, 9.17) is 0 Å². The van der Waals surface area contributed by atoms with Crippen LogP contribution in [-0.2, 0) is 24.1 Å². The fourth-order valence-corrected chi connectivity index (χ4v) is 4.60. The van der Waals surface area contributed by atoms with Crippen LogP contribution in [0.1, 0.15) is 28.4 Å². The zero-order valence-electron chi connectivity index (χ0n) is 13.6. The third-order valence-electron chi connectivity index (χ3n) is 4.98. The molecule has 1 fully saturated rings. The molecule has 4 nitrogen and oxygen atoms in total. The Morgan fingerprint density at radius 2 is 1.84 bits per heavy atom. The van der Waals surface area contributed by atoms with Gasteiger partial charge in [-0.25, -0.2) is 0 Å². The summed E-state index contributed by atoms with van der Waals surface area (Å²) in [6.45, 7) is 0. The molecular weight excluding hydrogens is 334 g/mol. The lowest BCUT2D eigenvalue weighted by Crippen LogP contribution is -2.25. The number of carbonyl (C=O) groups is 2. The van der Waals surface area contributed by atoms with Crippen molar-refractivity contribution in [1.29, 1.82) is 0 Å². The number of rotatable bonds is 4. The van der Waals surface area contributed by atoms with Crippen LogP contribution in [0.4, 0.5) is 4.79 Å². The third-order valence-corrected chi connectivity index (χ3v) is 5.96. The van der Waals surface area contributed by atoms with E-state index in [0.717, 1.165) is 41.3 Å². The number of amides is 2. The van der Waals surface area contributed by atoms with Crippen LogP contribution in [0.2, 0.25) is 0 Å². The standard InChI is InChI=1S/C20H19NO3S/c22-18-15(8-12-4-2-1-3-5-12)11-14-9-13(6-7-16(14)18)10-17-19(23)21-20(24)25-17/h1-7,9,15,17-18,22H,8,10-11H2,(H,21,23,24). The van der Waals surface area contributed by atoms with Crippen molar-refractivity contribution in [3.8, 4) is 0 Å². The number of aliphatic hydroxyl groups excluding tert-OH is 1. The topological polar surface area (TPSA) is 66.4 Å². The largest absolute Gasteiger partial charge is 0.388 e. The first kappa shape index (κ1) is 16.4. The van der Waals surface area contributed by atoms with Crippen molar-refractivity contribution in [3.63, 3.8) is 0 Å². The molecule has 2 aromatic carbocycles. The van der Waals surface area contributed by atoms with E-state index >= 15 is 0 Å². The van der Waals surface area contributed by atoms with E-state index < -0.39 is 6.10 Å². The molecule has 1 heterocycles. The Kier molecular flexibility index (Phi) is 4.36. The lowest BCUT2D eigenvalue weighted by molar-refractivity contribution is -0.118. The van der Waals surface area contributed by atoms with Gasteiger partial charge in [0.05, 0.1) is 11.4 Å². The summed E-state index contributed by atoms with van der Waals surface area (Å²) in [5.41, 5.74) is 4.41. The summed E-state index contributed by atoms with van der Waals surface area (Å²) in [4.78, 5) is 23.0. The average Bonchev–Trinajstić information content (AvgIpc) is 3.07. The van der Waals surface area contributed by atoms with Gasteiger partial charge in [0.2, 0.25) is 5.91 Å². The maximum Gasteiger partial charge on any atom is 0.286 e. The predicted octanol–water partition coefficient (Wildman–Crippen LogP) is 3.03. The van der Waals surface area contributed by atoms with Crippen molar-refractivity contribution in [2.75, 3.05) is 0 Å². The first-order valence-corrected chi connectivity index (χ1v) is 9.33. The number of carbonyl (C=O) groups excluding carboxylic acids is 2. The number of fused-ring (bicyclic) bond motifs is 1. The first-order chi connectivity index (χ1) is 12.1. The third kappa shape index (κ3) is 3.34. The van der Waals surface area contributed by atoms with Gasteiger partial charge in [-0.05, 0) is 47.4 Å². The highest BCUT2D eigenvalue weighted by atomic mass is 32.2. The molecule has 1 aliphatic heterocycles. The van der Waals surface area contributed by atoms with E-state index in [1.54, 1.807) is 0 Å². The van der Waals surface area contributed by atoms with Crippen molar-refractivity contribution in [2.24, 2.45) is 5.92 Å². The molecule has 128 valence electrons. The minimum absolute atomic E-state index is 0.179. The number of aliphatic hydroxyl groups is 1. The molecule has 0 aromatic heterocycles. The molecule has 0 saturated carbocycles. The predicted molar refractivity (Wildman–Crippen MR) is 97.4 cm³/mol. The van der Waals surface area contributed by atoms with Gasteiger partial charge in [-0.1, -0.05) is 60.3 Å². The van der Waals surface area contributed by atoms with Crippen LogP contribution in [-0.4, -0.2) is 21.5 Å². The maximum absolute atomic E-state index is 11.7. The molecule has 0 bridgehead atoms. The molecule has 0 spiro atoms. The first-order valence-electron chi connectivity index (χ1n) is 8.45. The van der Waals surface area contributed by atoms with Crippen LogP contribution < -0.4 is 5.32 Å². The van der Waals surface area contributed by atoms with Crippen LogP contribution in [0.15, 0.2) is 48.5 Å². The molecule has 1 saturated heterocycles. The Morgan fingerprint density at radius 1 is 1.04 bits per heavy atom. The van der Waals surface area contributed by atoms with E-state index in [1.807, 2.05) is 30.3 Å². The smallest absolute Gasteiger partial charge is 0.286 e. The summed E-state index contributed by atoms with van der Waals surface area (Å²) in [7, 11) is 0. The molecule has 0 radical (unpaired) electrons. The highest BCUT2D eigenvalue weighted by Gasteiger charge is 2.33. The fraction of sp³-hybridized carbons (Fsp3) is 0.300. The highest BCUT2D eigenvalue weighted by Crippen LogP contribution is 2.38. The normalized spacial score (nSPS) is 25.1. The van der Waals surface area contributed by atoms with Crippen molar-refractivity contribution in [1.82, 2.24) is 5.32 Å². The van der Waals surface area contributed by atoms with Gasteiger partial charge in [0.25, 0.3) is 5.24 Å². The zero-order chi connectivity index (χ0) is 17.4. The second-order valence-corrected chi connectivity index (χ2v) is 7.89. The number of hydrogen-bond acceptors (Lipinski definition) is 4. The molecule has 2 aliphatic rings. The Hall–Kier alpha value is -2.11. The Morgan fingerprint density at radius 3 is 2.56 bits per heavy atom. The van der Waals surface area contributed by atoms with Crippen molar-refractivity contribution < 1.29 is 14.7 Å². The molecular formula is C20H19NO3S. The Bertz CT molecular complexity index is 821. The summed E-state index contributed by atoms with van der Waals surface area (Å²) >= 11 is 1.06. The summed E-state index contributed by atoms with van der Waals surface area (Å²) in [5.74, 6) is -0.0316. The van der Waals surface area contributed by atoms with E-state index in [2.05, 4.69) is 23.5 Å². The molecule has 3 unspecified atom stereocenters. The number of benzene rings is 2. The van der Waals surface area contributed by atoms with Crippen molar-refractivity contribution >= 4 is 22.9 Å². The Balaban J connectivity index is 1.48. The summed E-state index contributed by atoms with van der Waals surface area (Å²) in [6, 6.07) is 16.2. The number of hydrogen-bond donors (Lipinski definition) is 2. The molecule has 25 heavy (non-hydrogen) atoms. The van der Waals surface area contributed by atoms with Gasteiger partial charge in [-0.2, -0.15) is 0 Å². The van der Waals surface area contributed by atoms with Crippen LogP contribution >= 0.6 is 11.8 Å². The van der Waals surface area contributed by atoms with Crippen molar-refractivity contribution in [2.45, 2.75) is 30.6 Å². The van der Waals surface area contributed by atoms with E-state index in [9.17, 15) is 14.7 Å². The van der Waals surface area contributed by atoms with Crippen LogP contribution in [0, 0.1) is 5.92 Å². The molecule has 5 heteroatoms. The second kappa shape index (κ2) is 6.65.